The van der Waals surface area contributed by atoms with Crippen molar-refractivity contribution in [1.82, 2.24) is 14.9 Å². The van der Waals surface area contributed by atoms with Crippen LogP contribution < -0.4 is 4.90 Å². The van der Waals surface area contributed by atoms with Crippen molar-refractivity contribution in [1.29, 1.82) is 0 Å². The van der Waals surface area contributed by atoms with E-state index < -0.39 is 0 Å². The number of anilines is 1. The van der Waals surface area contributed by atoms with Crippen molar-refractivity contribution in [2.75, 3.05) is 44.3 Å². The molecule has 1 saturated heterocycles. The number of aryl methyl sites for hydroxylation is 2. The molecule has 0 aliphatic carbocycles. The maximum absolute atomic E-state index is 5.51. The Morgan fingerprint density at radius 1 is 1.03 bits per heavy atom. The van der Waals surface area contributed by atoms with Crippen LogP contribution in [0.5, 0.6) is 0 Å². The second-order valence-corrected chi connectivity index (χ2v) is 9.73. The molecule has 0 saturated carbocycles. The summed E-state index contributed by atoms with van der Waals surface area (Å²) >= 11 is 1.77. The van der Waals surface area contributed by atoms with Crippen LogP contribution >= 0.6 is 11.3 Å². The van der Waals surface area contributed by atoms with Crippen LogP contribution in [-0.4, -0.2) is 54.3 Å². The van der Waals surface area contributed by atoms with Crippen molar-refractivity contribution in [3.8, 4) is 0 Å². The molecule has 4 aromatic rings. The molecule has 1 aliphatic rings. The van der Waals surface area contributed by atoms with Crippen LogP contribution in [0.3, 0.4) is 0 Å². The molecule has 0 amide bonds. The highest BCUT2D eigenvalue weighted by molar-refractivity contribution is 7.18. The average molecular weight is 447 g/mol. The van der Waals surface area contributed by atoms with Crippen LogP contribution in [0.4, 0.5) is 5.82 Å². The number of morpholine rings is 1. The smallest absolute Gasteiger partial charge is 0.141 e. The van der Waals surface area contributed by atoms with E-state index >= 15 is 0 Å². The van der Waals surface area contributed by atoms with E-state index in [0.717, 1.165) is 63.0 Å². The minimum absolute atomic E-state index is 0.838. The van der Waals surface area contributed by atoms with Crippen LogP contribution in [0.15, 0.2) is 48.8 Å². The van der Waals surface area contributed by atoms with Crippen molar-refractivity contribution in [2.45, 2.75) is 26.8 Å². The van der Waals surface area contributed by atoms with Gasteiger partial charge in [0.15, 0.2) is 0 Å². The highest BCUT2D eigenvalue weighted by Crippen LogP contribution is 2.35. The quantitative estimate of drug-likeness (QED) is 0.391. The van der Waals surface area contributed by atoms with E-state index in [0.29, 0.717) is 0 Å². The van der Waals surface area contributed by atoms with Crippen molar-refractivity contribution < 1.29 is 4.74 Å². The summed E-state index contributed by atoms with van der Waals surface area (Å²) in [5.41, 5.74) is 2.64. The van der Waals surface area contributed by atoms with E-state index in [1.807, 2.05) is 0 Å². The van der Waals surface area contributed by atoms with Crippen LogP contribution in [0.1, 0.15) is 22.4 Å². The molecule has 0 N–H and O–H groups in total. The first-order valence-electron chi connectivity index (χ1n) is 11.4. The van der Waals surface area contributed by atoms with Gasteiger partial charge in [-0.15, -0.1) is 11.3 Å². The maximum atomic E-state index is 5.51. The van der Waals surface area contributed by atoms with Gasteiger partial charge in [0.25, 0.3) is 0 Å². The van der Waals surface area contributed by atoms with Gasteiger partial charge in [-0.3, -0.25) is 4.90 Å². The molecule has 0 radical (unpaired) electrons. The van der Waals surface area contributed by atoms with E-state index in [9.17, 15) is 0 Å². The largest absolute Gasteiger partial charge is 0.379 e. The molecule has 1 fully saturated rings. The van der Waals surface area contributed by atoms with Gasteiger partial charge in [-0.25, -0.2) is 9.97 Å². The molecule has 5 rings (SSSR count). The van der Waals surface area contributed by atoms with Gasteiger partial charge < -0.3 is 9.64 Å². The summed E-state index contributed by atoms with van der Waals surface area (Å²) in [7, 11) is 0. The fourth-order valence-corrected chi connectivity index (χ4v) is 5.60. The number of rotatable bonds is 7. The van der Waals surface area contributed by atoms with E-state index in [2.05, 4.69) is 71.1 Å². The predicted molar refractivity (Wildman–Crippen MR) is 134 cm³/mol. The summed E-state index contributed by atoms with van der Waals surface area (Å²) in [6.45, 7) is 11.0. The molecule has 2 aromatic carbocycles. The maximum Gasteiger partial charge on any atom is 0.141 e. The zero-order chi connectivity index (χ0) is 21.9. The second kappa shape index (κ2) is 9.53. The van der Waals surface area contributed by atoms with Crippen LogP contribution in [0.25, 0.3) is 21.0 Å². The molecule has 32 heavy (non-hydrogen) atoms. The third-order valence-electron chi connectivity index (χ3n) is 6.49. The number of hydrogen-bond donors (Lipinski definition) is 0. The molecular weight excluding hydrogens is 416 g/mol. The molecule has 6 heteroatoms. The standard InChI is InChI=1S/C26H30N4OS/c1-19-20(2)32-26-24(19)25(27-18-28-26)30(12-6-11-29-13-15-31-16-14-29)17-22-9-5-8-21-7-3-4-10-23(21)22/h3-5,7-10,18H,6,11-17H2,1-2H3. The predicted octanol–water partition coefficient (Wildman–Crippen LogP) is 5.19. The Hall–Kier alpha value is -2.54. The first-order chi connectivity index (χ1) is 15.7. The van der Waals surface area contributed by atoms with Crippen molar-refractivity contribution in [3.63, 3.8) is 0 Å². The number of ether oxygens (including phenoxy) is 1. The Labute approximate surface area is 193 Å². The van der Waals surface area contributed by atoms with Gasteiger partial charge in [-0.1, -0.05) is 42.5 Å². The van der Waals surface area contributed by atoms with E-state index in [1.165, 1.54) is 32.2 Å². The SMILES string of the molecule is Cc1sc2ncnc(N(CCCN3CCOCC3)Cc3cccc4ccccc34)c2c1C. The molecule has 0 bridgehead atoms. The van der Waals surface area contributed by atoms with Crippen LogP contribution in [0.2, 0.25) is 0 Å². The Bertz CT molecular complexity index is 1210. The summed E-state index contributed by atoms with van der Waals surface area (Å²) < 4.78 is 5.51. The summed E-state index contributed by atoms with van der Waals surface area (Å²) in [4.78, 5) is 16.8. The molecular formula is C26H30N4OS. The molecule has 0 unspecified atom stereocenters. The fraction of sp³-hybridized carbons (Fsp3) is 0.385. The van der Waals surface area contributed by atoms with Gasteiger partial charge in [0.2, 0.25) is 0 Å². The summed E-state index contributed by atoms with van der Waals surface area (Å²) in [6, 6.07) is 15.3. The Morgan fingerprint density at radius 2 is 1.84 bits per heavy atom. The molecule has 2 aromatic heterocycles. The second-order valence-electron chi connectivity index (χ2n) is 8.53. The van der Waals surface area contributed by atoms with Gasteiger partial charge in [-0.05, 0) is 42.2 Å². The normalized spacial score (nSPS) is 14.9. The molecule has 1 aliphatic heterocycles. The highest BCUT2D eigenvalue weighted by atomic mass is 32.1. The van der Waals surface area contributed by atoms with Crippen molar-refractivity contribution in [2.24, 2.45) is 0 Å². The van der Waals surface area contributed by atoms with E-state index in [1.54, 1.807) is 17.7 Å². The van der Waals surface area contributed by atoms with Gasteiger partial charge in [0.05, 0.1) is 18.6 Å². The lowest BCUT2D eigenvalue weighted by Gasteiger charge is -2.29. The summed E-state index contributed by atoms with van der Waals surface area (Å²) in [5, 5.41) is 3.81. The number of aromatic nitrogens is 2. The highest BCUT2D eigenvalue weighted by Gasteiger charge is 2.19. The van der Waals surface area contributed by atoms with Gasteiger partial charge in [0.1, 0.15) is 17.0 Å². The van der Waals surface area contributed by atoms with Crippen molar-refractivity contribution >= 4 is 38.1 Å². The Balaban J connectivity index is 1.47. The first kappa shape index (κ1) is 21.3. The minimum Gasteiger partial charge on any atom is -0.379 e. The van der Waals surface area contributed by atoms with Gasteiger partial charge >= 0.3 is 0 Å². The summed E-state index contributed by atoms with van der Waals surface area (Å²) in [6.07, 6.45) is 2.82. The molecule has 0 spiro atoms. The lowest BCUT2D eigenvalue weighted by atomic mass is 10.0. The van der Waals surface area contributed by atoms with E-state index in [-0.39, 0.29) is 0 Å². The molecule has 166 valence electrons. The lowest BCUT2D eigenvalue weighted by Crippen LogP contribution is -2.38. The zero-order valence-corrected chi connectivity index (χ0v) is 19.7. The molecule has 5 nitrogen and oxygen atoms in total. The number of fused-ring (bicyclic) bond motifs is 2. The topological polar surface area (TPSA) is 41.5 Å². The zero-order valence-electron chi connectivity index (χ0n) is 18.9. The van der Waals surface area contributed by atoms with Crippen LogP contribution in [-0.2, 0) is 11.3 Å². The molecule has 0 atom stereocenters. The van der Waals surface area contributed by atoms with Crippen molar-refractivity contribution in [3.05, 3.63) is 64.8 Å². The van der Waals surface area contributed by atoms with E-state index in [4.69, 9.17) is 9.72 Å². The van der Waals surface area contributed by atoms with Gasteiger partial charge in [0, 0.05) is 37.6 Å². The number of nitrogens with zero attached hydrogens (tertiary/aromatic N) is 4. The lowest BCUT2D eigenvalue weighted by molar-refractivity contribution is 0.0376. The number of hydrogen-bond acceptors (Lipinski definition) is 6. The molecule has 3 heterocycles. The Morgan fingerprint density at radius 3 is 2.72 bits per heavy atom. The van der Waals surface area contributed by atoms with Gasteiger partial charge in [-0.2, -0.15) is 0 Å². The Kier molecular flexibility index (Phi) is 6.35. The third-order valence-corrected chi connectivity index (χ3v) is 7.61. The van der Waals surface area contributed by atoms with Crippen LogP contribution in [0, 0.1) is 13.8 Å². The third kappa shape index (κ3) is 4.35. The average Bonchev–Trinajstić information content (AvgIpc) is 3.13. The summed E-state index contributed by atoms with van der Waals surface area (Å²) in [5.74, 6) is 1.06. The first-order valence-corrected chi connectivity index (χ1v) is 12.2. The number of benzene rings is 2. The fourth-order valence-electron chi connectivity index (χ4n) is 4.61. The minimum atomic E-state index is 0.838. The number of thiophene rings is 1. The monoisotopic (exact) mass is 446 g/mol.